The van der Waals surface area contributed by atoms with Gasteiger partial charge in [-0.1, -0.05) is 51.2 Å². The lowest BCUT2D eigenvalue weighted by Gasteiger charge is -2.19. The highest BCUT2D eigenvalue weighted by atomic mass is 32.1. The zero-order chi connectivity index (χ0) is 13.8. The highest BCUT2D eigenvalue weighted by molar-refractivity contribution is 7.81. The van der Waals surface area contributed by atoms with Crippen LogP contribution in [0.15, 0.2) is 41.7 Å². The van der Waals surface area contributed by atoms with Crippen molar-refractivity contribution in [1.82, 2.24) is 0 Å². The minimum Gasteiger partial charge on any atom is -0.510 e. The molecule has 0 aromatic heterocycles. The van der Waals surface area contributed by atoms with Crippen molar-refractivity contribution in [3.63, 3.8) is 0 Å². The number of benzene rings is 1. The molecule has 0 unspecified atom stereocenters. The maximum absolute atomic E-state index is 10.0. The first-order chi connectivity index (χ1) is 8.36. The van der Waals surface area contributed by atoms with Crippen molar-refractivity contribution in [2.24, 2.45) is 5.41 Å². The predicted molar refractivity (Wildman–Crippen MR) is 77.4 cm³/mol. The molecule has 0 aliphatic carbocycles. The van der Waals surface area contributed by atoms with Gasteiger partial charge in [-0.2, -0.15) is 5.26 Å². The van der Waals surface area contributed by atoms with Gasteiger partial charge in [-0.05, 0) is 12.1 Å². The van der Waals surface area contributed by atoms with Gasteiger partial charge in [-0.3, -0.25) is 0 Å². The molecule has 0 heterocycles. The number of aliphatic hydroxyl groups excluding tert-OH is 1. The van der Waals surface area contributed by atoms with E-state index in [1.54, 1.807) is 0 Å². The molecule has 0 saturated heterocycles. The largest absolute Gasteiger partial charge is 0.510 e. The van der Waals surface area contributed by atoms with Crippen LogP contribution in [0, 0.1) is 16.7 Å². The Morgan fingerprint density at radius 3 is 2.28 bits per heavy atom. The molecule has 18 heavy (non-hydrogen) atoms. The van der Waals surface area contributed by atoms with Crippen LogP contribution in [0.4, 0.5) is 5.69 Å². The van der Waals surface area contributed by atoms with Gasteiger partial charge in [0.2, 0.25) is 0 Å². The van der Waals surface area contributed by atoms with Crippen molar-refractivity contribution < 1.29 is 5.11 Å². The number of hydrogen-bond acceptors (Lipinski definition) is 3. The smallest absolute Gasteiger partial charge is 0.125 e. The van der Waals surface area contributed by atoms with Gasteiger partial charge in [0.1, 0.15) is 22.4 Å². The average molecular weight is 260 g/mol. The van der Waals surface area contributed by atoms with E-state index in [-0.39, 0.29) is 16.3 Å². The van der Waals surface area contributed by atoms with Crippen molar-refractivity contribution in [3.8, 4) is 6.07 Å². The molecule has 1 aromatic carbocycles. The molecule has 0 spiro atoms. The molecule has 0 amide bonds. The Morgan fingerprint density at radius 1 is 1.28 bits per heavy atom. The molecule has 0 atom stereocenters. The van der Waals surface area contributed by atoms with E-state index in [1.165, 1.54) is 0 Å². The van der Waals surface area contributed by atoms with Crippen molar-refractivity contribution >= 4 is 22.9 Å². The number of nitriles is 1. The third kappa shape index (κ3) is 3.57. The number of rotatable bonds is 2. The summed E-state index contributed by atoms with van der Waals surface area (Å²) < 4.78 is 0. The van der Waals surface area contributed by atoms with E-state index in [9.17, 15) is 5.11 Å². The monoisotopic (exact) mass is 260 g/mol. The highest BCUT2D eigenvalue weighted by Gasteiger charge is 2.23. The summed E-state index contributed by atoms with van der Waals surface area (Å²) in [5.41, 5.74) is 0.395. The van der Waals surface area contributed by atoms with Crippen LogP contribution in [0.3, 0.4) is 0 Å². The molecule has 94 valence electrons. The number of nitrogens with zero attached hydrogens (tertiary/aromatic N) is 1. The Labute approximate surface area is 113 Å². The molecule has 0 fully saturated rings. The van der Waals surface area contributed by atoms with Gasteiger partial charge in [0, 0.05) is 11.1 Å². The Bertz CT molecular complexity index is 507. The minimum atomic E-state index is -0.506. The first kappa shape index (κ1) is 14.2. The van der Waals surface area contributed by atoms with Gasteiger partial charge in [-0.15, -0.1) is 0 Å². The summed E-state index contributed by atoms with van der Waals surface area (Å²) in [5.74, 6) is -0.00145. The number of allylic oxidation sites excluding steroid dienone is 1. The Balaban J connectivity index is 2.99. The summed E-state index contributed by atoms with van der Waals surface area (Å²) >= 11 is 5.15. The highest BCUT2D eigenvalue weighted by Crippen LogP contribution is 2.26. The van der Waals surface area contributed by atoms with E-state index in [2.05, 4.69) is 5.32 Å². The molecule has 3 nitrogen and oxygen atoms in total. The first-order valence-electron chi connectivity index (χ1n) is 5.56. The zero-order valence-corrected chi connectivity index (χ0v) is 11.5. The predicted octanol–water partition coefficient (Wildman–Crippen LogP) is 3.81. The number of nitrogens with one attached hydrogen (secondary N) is 1. The third-order valence-electron chi connectivity index (χ3n) is 2.32. The number of para-hydroxylation sites is 1. The molecule has 0 saturated carbocycles. The van der Waals surface area contributed by atoms with Gasteiger partial charge >= 0.3 is 0 Å². The number of hydrogen-bond donors (Lipinski definition) is 2. The van der Waals surface area contributed by atoms with Crippen LogP contribution >= 0.6 is 12.2 Å². The van der Waals surface area contributed by atoms with Gasteiger partial charge in [0.25, 0.3) is 0 Å². The number of aliphatic hydroxyl groups is 1. The summed E-state index contributed by atoms with van der Waals surface area (Å²) in [7, 11) is 0. The van der Waals surface area contributed by atoms with E-state index in [1.807, 2.05) is 57.2 Å². The Hall–Kier alpha value is -1.86. The van der Waals surface area contributed by atoms with Crippen LogP contribution in [0.2, 0.25) is 0 Å². The van der Waals surface area contributed by atoms with Crippen molar-refractivity contribution in [1.29, 1.82) is 5.26 Å². The van der Waals surface area contributed by atoms with E-state index < -0.39 is 5.41 Å². The third-order valence-corrected chi connectivity index (χ3v) is 2.62. The molecular weight excluding hydrogens is 244 g/mol. The maximum Gasteiger partial charge on any atom is 0.125 e. The van der Waals surface area contributed by atoms with E-state index in [0.717, 1.165) is 5.69 Å². The van der Waals surface area contributed by atoms with Crippen LogP contribution in [0.5, 0.6) is 0 Å². The van der Waals surface area contributed by atoms with Crippen molar-refractivity contribution in [2.75, 3.05) is 5.32 Å². The summed E-state index contributed by atoms with van der Waals surface area (Å²) in [6, 6.07) is 11.3. The van der Waals surface area contributed by atoms with E-state index >= 15 is 0 Å². The number of thiocarbonyl (C=S) groups is 1. The fraction of sp³-hybridized carbons (Fsp3) is 0.286. The van der Waals surface area contributed by atoms with Crippen molar-refractivity contribution in [2.45, 2.75) is 20.8 Å². The topological polar surface area (TPSA) is 56.0 Å². The number of anilines is 1. The molecular formula is C14H16N2OS. The standard InChI is InChI=1S/C14H16N2OS/c1-14(2,3)12(17)11(9-15)13(18)16-10-7-5-4-6-8-10/h4-8,17H,1-3H3,(H,16,18)/b12-11-. The second-order valence-electron chi connectivity index (χ2n) is 4.91. The van der Waals surface area contributed by atoms with Crippen LogP contribution < -0.4 is 5.32 Å². The van der Waals surface area contributed by atoms with Gasteiger partial charge in [-0.25, -0.2) is 0 Å². The molecule has 1 aromatic rings. The average Bonchev–Trinajstić information content (AvgIpc) is 2.29. The molecule has 2 N–H and O–H groups in total. The van der Waals surface area contributed by atoms with Gasteiger partial charge in [0.05, 0.1) is 0 Å². The lowest BCUT2D eigenvalue weighted by molar-refractivity contribution is 0.275. The molecule has 0 aliphatic rings. The first-order valence-corrected chi connectivity index (χ1v) is 5.97. The summed E-state index contributed by atoms with van der Waals surface area (Å²) in [6.45, 7) is 5.47. The summed E-state index contributed by atoms with van der Waals surface area (Å²) in [6.07, 6.45) is 0. The van der Waals surface area contributed by atoms with Gasteiger partial charge < -0.3 is 10.4 Å². The van der Waals surface area contributed by atoms with Crippen LogP contribution in [-0.4, -0.2) is 10.1 Å². The van der Waals surface area contributed by atoms with Crippen LogP contribution in [0.1, 0.15) is 20.8 Å². The molecule has 1 rings (SSSR count). The second-order valence-corrected chi connectivity index (χ2v) is 5.31. The minimum absolute atomic E-state index is 0.00145. The molecule has 0 aliphatic heterocycles. The maximum atomic E-state index is 10.0. The second kappa shape index (κ2) is 5.65. The lowest BCUT2D eigenvalue weighted by Crippen LogP contribution is -2.19. The fourth-order valence-electron chi connectivity index (χ4n) is 1.30. The zero-order valence-electron chi connectivity index (χ0n) is 10.7. The molecule has 4 heteroatoms. The van der Waals surface area contributed by atoms with Crippen LogP contribution in [-0.2, 0) is 0 Å². The van der Waals surface area contributed by atoms with E-state index in [0.29, 0.717) is 0 Å². The Morgan fingerprint density at radius 2 is 1.83 bits per heavy atom. The quantitative estimate of drug-likeness (QED) is 0.367. The SMILES string of the molecule is CC(C)(C)/C(O)=C(\C#N)C(=S)Nc1ccccc1. The van der Waals surface area contributed by atoms with E-state index in [4.69, 9.17) is 17.5 Å². The lowest BCUT2D eigenvalue weighted by atomic mass is 9.91. The summed E-state index contributed by atoms with van der Waals surface area (Å²) in [4.78, 5) is 0.233. The normalized spacial score (nSPS) is 12.3. The van der Waals surface area contributed by atoms with Gasteiger partial charge in [0.15, 0.2) is 0 Å². The van der Waals surface area contributed by atoms with Crippen molar-refractivity contribution in [3.05, 3.63) is 41.7 Å². The summed E-state index contributed by atoms with van der Waals surface area (Å²) in [5, 5.41) is 22.1. The molecule has 0 radical (unpaired) electrons. The fourth-order valence-corrected chi connectivity index (χ4v) is 1.56. The Kier molecular flexibility index (Phi) is 4.46. The molecule has 0 bridgehead atoms. The van der Waals surface area contributed by atoms with Crippen LogP contribution in [0.25, 0.3) is 0 Å².